The molecule has 2 amide bonds. The summed E-state index contributed by atoms with van der Waals surface area (Å²) in [6.07, 6.45) is 0.192. The number of urea groups is 1. The molecule has 0 aliphatic carbocycles. The third-order valence-electron chi connectivity index (χ3n) is 2.70. The lowest BCUT2D eigenvalue weighted by molar-refractivity contribution is -0.141. The first kappa shape index (κ1) is 12.8. The second kappa shape index (κ2) is 5.16. The molecule has 0 aromatic rings. The Morgan fingerprint density at radius 2 is 2.12 bits per heavy atom. The van der Waals surface area contributed by atoms with Gasteiger partial charge in [0, 0.05) is 26.6 Å². The second-order valence-electron chi connectivity index (χ2n) is 4.10. The van der Waals surface area contributed by atoms with E-state index in [1.165, 1.54) is 9.80 Å². The summed E-state index contributed by atoms with van der Waals surface area (Å²) in [4.78, 5) is 25.5. The van der Waals surface area contributed by atoms with Crippen molar-refractivity contribution in [3.63, 3.8) is 0 Å². The molecule has 0 aromatic carbocycles. The van der Waals surface area contributed by atoms with Crippen LogP contribution < -0.4 is 0 Å². The molecule has 16 heavy (non-hydrogen) atoms. The summed E-state index contributed by atoms with van der Waals surface area (Å²) in [6.45, 7) is 2.62. The number of aliphatic hydroxyl groups is 1. The van der Waals surface area contributed by atoms with Gasteiger partial charge in [0.15, 0.2) is 0 Å². The van der Waals surface area contributed by atoms with Gasteiger partial charge in [0.25, 0.3) is 0 Å². The van der Waals surface area contributed by atoms with Crippen molar-refractivity contribution in [3.05, 3.63) is 0 Å². The maximum absolute atomic E-state index is 11.9. The molecule has 0 radical (unpaired) electrons. The minimum Gasteiger partial charge on any atom is -0.480 e. The zero-order valence-corrected chi connectivity index (χ0v) is 9.59. The number of carbonyl (C=O) groups excluding carboxylic acids is 1. The molecule has 1 aliphatic heterocycles. The normalized spacial score (nSPS) is 24.6. The highest BCUT2D eigenvalue weighted by Crippen LogP contribution is 2.19. The number of hydrogen-bond acceptors (Lipinski definition) is 3. The average Bonchev–Trinajstić information content (AvgIpc) is 2.59. The summed E-state index contributed by atoms with van der Waals surface area (Å²) in [7, 11) is 1.63. The molecule has 0 aromatic heterocycles. The molecule has 0 spiro atoms. The lowest BCUT2D eigenvalue weighted by Gasteiger charge is -2.27. The number of carbonyl (C=O) groups is 2. The number of aliphatic carboxylic acids is 1. The van der Waals surface area contributed by atoms with Gasteiger partial charge in [-0.2, -0.15) is 0 Å². The average molecular weight is 230 g/mol. The Morgan fingerprint density at radius 3 is 2.62 bits per heavy atom. The monoisotopic (exact) mass is 230 g/mol. The molecule has 1 saturated heterocycles. The Labute approximate surface area is 94.4 Å². The van der Waals surface area contributed by atoms with Crippen LogP contribution in [0, 0.1) is 0 Å². The number of likely N-dealkylation sites (tertiary alicyclic amines) is 1. The lowest BCUT2D eigenvalue weighted by atomic mass is 10.2. The minimum absolute atomic E-state index is 0.101. The summed E-state index contributed by atoms with van der Waals surface area (Å²) in [5.74, 6) is -1.06. The van der Waals surface area contributed by atoms with Crippen LogP contribution >= 0.6 is 0 Å². The molecular weight excluding hydrogens is 212 g/mol. The van der Waals surface area contributed by atoms with E-state index in [4.69, 9.17) is 5.11 Å². The van der Waals surface area contributed by atoms with Crippen molar-refractivity contribution in [2.24, 2.45) is 0 Å². The SMILES string of the molecule is CCCN(C)C(=O)N1C[C@H](O)C[C@H]1C(=O)O. The lowest BCUT2D eigenvalue weighted by Crippen LogP contribution is -2.47. The number of aliphatic hydroxyl groups excluding tert-OH is 1. The molecule has 1 fully saturated rings. The third-order valence-corrected chi connectivity index (χ3v) is 2.70. The predicted octanol–water partition coefficient (Wildman–Crippen LogP) is -0.0320. The summed E-state index contributed by atoms with van der Waals surface area (Å²) >= 11 is 0. The molecule has 6 nitrogen and oxygen atoms in total. The standard InChI is InChI=1S/C10H18N2O4/c1-3-4-11(2)10(16)12-6-7(13)5-8(12)9(14)15/h7-8,13H,3-6H2,1-2H3,(H,14,15)/t7-,8+/m1/s1. The predicted molar refractivity (Wildman–Crippen MR) is 57.1 cm³/mol. The summed E-state index contributed by atoms with van der Waals surface area (Å²) in [5, 5.41) is 18.3. The van der Waals surface area contributed by atoms with E-state index in [0.29, 0.717) is 6.54 Å². The van der Waals surface area contributed by atoms with Crippen LogP contribution in [0.4, 0.5) is 4.79 Å². The second-order valence-corrected chi connectivity index (χ2v) is 4.10. The fourth-order valence-electron chi connectivity index (χ4n) is 1.91. The minimum atomic E-state index is -1.06. The van der Waals surface area contributed by atoms with Gasteiger partial charge < -0.3 is 20.0 Å². The van der Waals surface area contributed by atoms with E-state index >= 15 is 0 Å². The first-order valence-corrected chi connectivity index (χ1v) is 5.40. The highest BCUT2D eigenvalue weighted by molar-refractivity contribution is 5.83. The number of carboxylic acid groups (broad SMARTS) is 1. The largest absolute Gasteiger partial charge is 0.480 e. The number of nitrogens with zero attached hydrogens (tertiary/aromatic N) is 2. The van der Waals surface area contributed by atoms with E-state index in [-0.39, 0.29) is 19.0 Å². The van der Waals surface area contributed by atoms with E-state index < -0.39 is 18.1 Å². The van der Waals surface area contributed by atoms with Crippen molar-refractivity contribution in [2.75, 3.05) is 20.1 Å². The number of amides is 2. The fourth-order valence-corrected chi connectivity index (χ4v) is 1.91. The molecule has 6 heteroatoms. The van der Waals surface area contributed by atoms with Crippen molar-refractivity contribution >= 4 is 12.0 Å². The highest BCUT2D eigenvalue weighted by atomic mass is 16.4. The highest BCUT2D eigenvalue weighted by Gasteiger charge is 2.39. The summed E-state index contributed by atoms with van der Waals surface area (Å²) in [6, 6.07) is -1.23. The van der Waals surface area contributed by atoms with Crippen molar-refractivity contribution < 1.29 is 19.8 Å². The number of rotatable bonds is 3. The van der Waals surface area contributed by atoms with E-state index in [9.17, 15) is 14.7 Å². The molecule has 0 bridgehead atoms. The smallest absolute Gasteiger partial charge is 0.326 e. The zero-order valence-electron chi connectivity index (χ0n) is 9.59. The van der Waals surface area contributed by atoms with Crippen LogP contribution in [-0.4, -0.2) is 64.3 Å². The summed E-state index contributed by atoms with van der Waals surface area (Å²) < 4.78 is 0. The molecule has 0 unspecified atom stereocenters. The first-order chi connectivity index (χ1) is 7.47. The van der Waals surface area contributed by atoms with Gasteiger partial charge >= 0.3 is 12.0 Å². The van der Waals surface area contributed by atoms with Crippen LogP contribution in [0.1, 0.15) is 19.8 Å². The van der Waals surface area contributed by atoms with Gasteiger partial charge in [-0.25, -0.2) is 9.59 Å². The van der Waals surface area contributed by atoms with Crippen LogP contribution in [0.5, 0.6) is 0 Å². The Bertz CT molecular complexity index is 282. The van der Waals surface area contributed by atoms with Crippen LogP contribution in [0.2, 0.25) is 0 Å². The van der Waals surface area contributed by atoms with Crippen molar-refractivity contribution in [1.82, 2.24) is 9.80 Å². The Kier molecular flexibility index (Phi) is 4.12. The van der Waals surface area contributed by atoms with Crippen molar-refractivity contribution in [1.29, 1.82) is 0 Å². The van der Waals surface area contributed by atoms with Gasteiger partial charge in [0.1, 0.15) is 6.04 Å². The van der Waals surface area contributed by atoms with Gasteiger partial charge in [-0.3, -0.25) is 0 Å². The van der Waals surface area contributed by atoms with Crippen LogP contribution in [0.15, 0.2) is 0 Å². The molecule has 2 N–H and O–H groups in total. The van der Waals surface area contributed by atoms with Gasteiger partial charge in [0.2, 0.25) is 0 Å². The quantitative estimate of drug-likeness (QED) is 0.713. The Morgan fingerprint density at radius 1 is 1.50 bits per heavy atom. The van der Waals surface area contributed by atoms with Crippen LogP contribution in [-0.2, 0) is 4.79 Å². The number of hydrogen-bond donors (Lipinski definition) is 2. The van der Waals surface area contributed by atoms with E-state index in [2.05, 4.69) is 0 Å². The maximum atomic E-state index is 11.9. The van der Waals surface area contributed by atoms with E-state index in [1.54, 1.807) is 7.05 Å². The van der Waals surface area contributed by atoms with E-state index in [1.807, 2.05) is 6.92 Å². The summed E-state index contributed by atoms with van der Waals surface area (Å²) in [5.41, 5.74) is 0. The van der Waals surface area contributed by atoms with Crippen molar-refractivity contribution in [2.45, 2.75) is 31.9 Å². The topological polar surface area (TPSA) is 81.1 Å². The Balaban J connectivity index is 2.70. The van der Waals surface area contributed by atoms with Crippen LogP contribution in [0.25, 0.3) is 0 Å². The molecule has 1 aliphatic rings. The van der Waals surface area contributed by atoms with Crippen LogP contribution in [0.3, 0.4) is 0 Å². The fraction of sp³-hybridized carbons (Fsp3) is 0.800. The Hall–Kier alpha value is -1.30. The molecule has 1 heterocycles. The van der Waals surface area contributed by atoms with E-state index in [0.717, 1.165) is 6.42 Å². The van der Waals surface area contributed by atoms with Crippen molar-refractivity contribution in [3.8, 4) is 0 Å². The molecule has 2 atom stereocenters. The van der Waals surface area contributed by atoms with Gasteiger partial charge in [-0.15, -0.1) is 0 Å². The third kappa shape index (κ3) is 2.63. The molecule has 92 valence electrons. The van der Waals surface area contributed by atoms with Gasteiger partial charge in [-0.1, -0.05) is 6.92 Å². The number of carboxylic acids is 1. The zero-order chi connectivity index (χ0) is 12.3. The molecule has 0 saturated carbocycles. The first-order valence-electron chi connectivity index (χ1n) is 5.40. The molecule has 1 rings (SSSR count). The number of β-amino-alcohol motifs (C(OH)–C–C–N with tert-alkyl or cyclic N) is 1. The van der Waals surface area contributed by atoms with Gasteiger partial charge in [0.05, 0.1) is 6.10 Å². The van der Waals surface area contributed by atoms with Gasteiger partial charge in [-0.05, 0) is 6.42 Å². The molecular formula is C10H18N2O4. The maximum Gasteiger partial charge on any atom is 0.326 e.